The number of halogens is 1. The van der Waals surface area contributed by atoms with Crippen molar-refractivity contribution in [3.63, 3.8) is 0 Å². The predicted octanol–water partition coefficient (Wildman–Crippen LogP) is 2.25. The summed E-state index contributed by atoms with van der Waals surface area (Å²) in [6, 6.07) is 3.66. The van der Waals surface area contributed by atoms with E-state index in [0.29, 0.717) is 17.0 Å². The van der Waals surface area contributed by atoms with Crippen molar-refractivity contribution in [1.82, 2.24) is 5.32 Å². The van der Waals surface area contributed by atoms with Crippen LogP contribution in [0.2, 0.25) is 0 Å². The quantitative estimate of drug-likeness (QED) is 0.758. The highest BCUT2D eigenvalue weighted by Gasteiger charge is 2.21. The number of carbonyl (C=O) groups excluding carboxylic acids is 1. The number of aldehydes is 1. The van der Waals surface area contributed by atoms with E-state index in [1.807, 2.05) is 12.1 Å². The van der Waals surface area contributed by atoms with Gasteiger partial charge in [-0.2, -0.15) is 0 Å². The molecule has 0 saturated heterocycles. The van der Waals surface area contributed by atoms with Gasteiger partial charge in [0.2, 0.25) is 0 Å². The Morgan fingerprint density at radius 3 is 2.93 bits per heavy atom. The highest BCUT2D eigenvalue weighted by molar-refractivity contribution is 9.10. The van der Waals surface area contributed by atoms with E-state index in [9.17, 15) is 4.79 Å². The number of rotatable bonds is 2. The molecular weight excluding hydrogens is 246 g/mol. The van der Waals surface area contributed by atoms with Gasteiger partial charge in [-0.05, 0) is 12.1 Å². The molecule has 1 aliphatic heterocycles. The number of hydrogen-bond donors (Lipinski definition) is 0. The van der Waals surface area contributed by atoms with E-state index in [1.54, 1.807) is 13.3 Å². The third-order valence-corrected chi connectivity index (χ3v) is 2.72. The molecule has 0 spiro atoms. The molecule has 0 unspecified atom stereocenters. The Balaban J connectivity index is 2.63. The van der Waals surface area contributed by atoms with E-state index in [4.69, 9.17) is 4.74 Å². The first kappa shape index (κ1) is 9.27. The van der Waals surface area contributed by atoms with Crippen LogP contribution in [-0.4, -0.2) is 13.4 Å². The zero-order valence-corrected chi connectivity index (χ0v) is 9.04. The van der Waals surface area contributed by atoms with Gasteiger partial charge in [0, 0.05) is 21.8 Å². The summed E-state index contributed by atoms with van der Waals surface area (Å²) in [7, 11) is 1.58. The Hall–Kier alpha value is -1.29. The summed E-state index contributed by atoms with van der Waals surface area (Å²) in [4.78, 5) is 10.7. The SMILES string of the molecule is COc1ccc(Br)c2c1[N]C=C2C=O. The first-order valence-electron chi connectivity index (χ1n) is 4.01. The Kier molecular flexibility index (Phi) is 2.29. The predicted molar refractivity (Wildman–Crippen MR) is 56.5 cm³/mol. The molecule has 71 valence electrons. The topological polar surface area (TPSA) is 40.4 Å². The van der Waals surface area contributed by atoms with E-state index in [1.165, 1.54) is 0 Å². The van der Waals surface area contributed by atoms with Gasteiger partial charge in [-0.15, -0.1) is 0 Å². The molecule has 0 atom stereocenters. The summed E-state index contributed by atoms with van der Waals surface area (Å²) in [6.07, 6.45) is 2.34. The minimum Gasteiger partial charge on any atom is -0.494 e. The van der Waals surface area contributed by atoms with Gasteiger partial charge in [-0.25, -0.2) is 0 Å². The summed E-state index contributed by atoms with van der Waals surface area (Å²) < 4.78 is 6.00. The second-order valence-electron chi connectivity index (χ2n) is 2.80. The average molecular weight is 253 g/mol. The zero-order chi connectivity index (χ0) is 10.1. The Bertz CT molecular complexity index is 426. The van der Waals surface area contributed by atoms with Crippen molar-refractivity contribution in [3.8, 4) is 5.75 Å². The smallest absolute Gasteiger partial charge is 0.152 e. The second-order valence-corrected chi connectivity index (χ2v) is 3.66. The van der Waals surface area contributed by atoms with Crippen LogP contribution in [0.25, 0.3) is 5.57 Å². The number of fused-ring (bicyclic) bond motifs is 1. The molecule has 2 rings (SSSR count). The number of ether oxygens (including phenoxy) is 1. The molecule has 0 fully saturated rings. The summed E-state index contributed by atoms with van der Waals surface area (Å²) in [5.41, 5.74) is 2.09. The maximum atomic E-state index is 10.7. The van der Waals surface area contributed by atoms with E-state index in [0.717, 1.165) is 16.3 Å². The van der Waals surface area contributed by atoms with Gasteiger partial charge in [-0.3, -0.25) is 10.1 Å². The first-order valence-corrected chi connectivity index (χ1v) is 4.80. The van der Waals surface area contributed by atoms with Crippen molar-refractivity contribution in [2.45, 2.75) is 0 Å². The minimum atomic E-state index is 0.575. The Labute approximate surface area is 89.9 Å². The van der Waals surface area contributed by atoms with Crippen molar-refractivity contribution in [2.75, 3.05) is 7.11 Å². The van der Waals surface area contributed by atoms with Crippen LogP contribution in [-0.2, 0) is 4.79 Å². The van der Waals surface area contributed by atoms with Crippen LogP contribution in [0.15, 0.2) is 22.8 Å². The number of hydrogen-bond acceptors (Lipinski definition) is 2. The lowest BCUT2D eigenvalue weighted by molar-refractivity contribution is -0.103. The van der Waals surface area contributed by atoms with Crippen molar-refractivity contribution >= 4 is 33.5 Å². The molecule has 0 aliphatic carbocycles. The molecule has 0 amide bonds. The third kappa shape index (κ3) is 1.23. The van der Waals surface area contributed by atoms with E-state index in [-0.39, 0.29) is 0 Å². The summed E-state index contributed by atoms with van der Waals surface area (Å²) in [5.74, 6) is 0.677. The number of carbonyl (C=O) groups is 1. The molecule has 0 N–H and O–H groups in total. The van der Waals surface area contributed by atoms with Crippen LogP contribution < -0.4 is 10.1 Å². The summed E-state index contributed by atoms with van der Waals surface area (Å²) >= 11 is 3.38. The molecule has 1 aromatic carbocycles. The molecule has 4 heteroatoms. The molecule has 0 aromatic heterocycles. The van der Waals surface area contributed by atoms with Crippen LogP contribution in [0.1, 0.15) is 5.56 Å². The molecule has 0 bridgehead atoms. The lowest BCUT2D eigenvalue weighted by atomic mass is 10.1. The van der Waals surface area contributed by atoms with Crippen LogP contribution in [0.3, 0.4) is 0 Å². The van der Waals surface area contributed by atoms with E-state index in [2.05, 4.69) is 21.2 Å². The molecular formula is C10H7BrNO2. The van der Waals surface area contributed by atoms with E-state index >= 15 is 0 Å². The molecule has 14 heavy (non-hydrogen) atoms. The standard InChI is InChI=1S/C10H7BrNO2/c1-14-8-3-2-7(11)9-6(5-13)4-12-10(8)9/h2-5H,1H3. The second kappa shape index (κ2) is 3.46. The molecule has 1 aromatic rings. The minimum absolute atomic E-state index is 0.575. The Morgan fingerprint density at radius 1 is 1.50 bits per heavy atom. The molecule has 0 saturated carbocycles. The van der Waals surface area contributed by atoms with Crippen LogP contribution in [0.4, 0.5) is 5.69 Å². The normalized spacial score (nSPS) is 12.9. The lowest BCUT2D eigenvalue weighted by Crippen LogP contribution is -1.91. The Morgan fingerprint density at radius 2 is 2.29 bits per heavy atom. The highest BCUT2D eigenvalue weighted by Crippen LogP contribution is 2.41. The average Bonchev–Trinajstić information content (AvgIpc) is 2.63. The van der Waals surface area contributed by atoms with Crippen molar-refractivity contribution < 1.29 is 9.53 Å². The molecule has 3 nitrogen and oxygen atoms in total. The fourth-order valence-electron chi connectivity index (χ4n) is 1.40. The van der Waals surface area contributed by atoms with Crippen LogP contribution in [0.5, 0.6) is 5.75 Å². The van der Waals surface area contributed by atoms with Gasteiger partial charge < -0.3 is 4.74 Å². The molecule has 1 heterocycles. The summed E-state index contributed by atoms with van der Waals surface area (Å²) in [5, 5.41) is 4.13. The number of nitrogens with zero attached hydrogens (tertiary/aromatic N) is 1. The van der Waals surface area contributed by atoms with Crippen LogP contribution in [0, 0.1) is 0 Å². The van der Waals surface area contributed by atoms with Gasteiger partial charge in [-0.1, -0.05) is 15.9 Å². The highest BCUT2D eigenvalue weighted by atomic mass is 79.9. The van der Waals surface area contributed by atoms with Gasteiger partial charge in [0.25, 0.3) is 0 Å². The van der Waals surface area contributed by atoms with Gasteiger partial charge in [0.15, 0.2) is 6.29 Å². The number of methoxy groups -OCH3 is 1. The van der Waals surface area contributed by atoms with Crippen molar-refractivity contribution in [3.05, 3.63) is 28.4 Å². The van der Waals surface area contributed by atoms with Crippen LogP contribution >= 0.6 is 15.9 Å². The van der Waals surface area contributed by atoms with Gasteiger partial charge in [0.05, 0.1) is 7.11 Å². The van der Waals surface area contributed by atoms with E-state index < -0.39 is 0 Å². The third-order valence-electron chi connectivity index (χ3n) is 2.06. The molecule has 1 radical (unpaired) electrons. The fourth-order valence-corrected chi connectivity index (χ4v) is 1.95. The zero-order valence-electron chi connectivity index (χ0n) is 7.45. The summed E-state index contributed by atoms with van der Waals surface area (Å²) in [6.45, 7) is 0. The number of allylic oxidation sites excluding steroid dienone is 1. The van der Waals surface area contributed by atoms with Gasteiger partial charge >= 0.3 is 0 Å². The molecule has 1 aliphatic rings. The van der Waals surface area contributed by atoms with Gasteiger partial charge in [0.1, 0.15) is 11.4 Å². The largest absolute Gasteiger partial charge is 0.494 e. The van der Waals surface area contributed by atoms with Crippen molar-refractivity contribution in [2.24, 2.45) is 0 Å². The maximum absolute atomic E-state index is 10.7. The lowest BCUT2D eigenvalue weighted by Gasteiger charge is -2.07. The maximum Gasteiger partial charge on any atom is 0.152 e. The van der Waals surface area contributed by atoms with Crippen molar-refractivity contribution in [1.29, 1.82) is 0 Å². The number of benzene rings is 1. The first-order chi connectivity index (χ1) is 6.77. The fraction of sp³-hybridized carbons (Fsp3) is 0.100. The monoisotopic (exact) mass is 252 g/mol.